The number of aromatic nitrogens is 2. The number of aryl methyl sites for hydroxylation is 1. The van der Waals surface area contributed by atoms with E-state index in [0.717, 1.165) is 31.8 Å². The molecule has 3 fully saturated rings. The molecule has 0 bridgehead atoms. The number of aliphatic hydroxyl groups excluding tert-OH is 1. The molecule has 0 aliphatic carbocycles. The first kappa shape index (κ1) is 19.8. The van der Waals surface area contributed by atoms with Gasteiger partial charge in [-0.1, -0.05) is 0 Å². The molecule has 9 nitrogen and oxygen atoms in total. The van der Waals surface area contributed by atoms with Gasteiger partial charge in [0.25, 0.3) is 0 Å². The van der Waals surface area contributed by atoms with Crippen molar-refractivity contribution in [2.75, 3.05) is 19.6 Å². The number of rotatable bonds is 7. The van der Waals surface area contributed by atoms with E-state index in [0.29, 0.717) is 25.6 Å². The number of ether oxygens (including phenoxy) is 2. The van der Waals surface area contributed by atoms with Crippen LogP contribution in [0.15, 0.2) is 12.4 Å². The monoisotopic (exact) mass is 393 g/mol. The van der Waals surface area contributed by atoms with Crippen LogP contribution < -0.4 is 16.0 Å². The van der Waals surface area contributed by atoms with E-state index in [1.54, 1.807) is 6.20 Å². The topological polar surface area (TPSA) is 110 Å². The lowest BCUT2D eigenvalue weighted by atomic mass is 10.0. The minimum Gasteiger partial charge on any atom is -0.388 e. The van der Waals surface area contributed by atoms with E-state index in [1.165, 1.54) is 0 Å². The van der Waals surface area contributed by atoms with E-state index < -0.39 is 6.10 Å². The molecule has 28 heavy (non-hydrogen) atoms. The Hall–Kier alpha value is -1.52. The first-order valence-electron chi connectivity index (χ1n) is 10.3. The van der Waals surface area contributed by atoms with Crippen LogP contribution in [-0.4, -0.2) is 76.8 Å². The molecule has 4 N–H and O–H groups in total. The highest BCUT2D eigenvalue weighted by Gasteiger charge is 2.50. The number of amides is 1. The second kappa shape index (κ2) is 8.87. The molecule has 0 aromatic carbocycles. The lowest BCUT2D eigenvalue weighted by Gasteiger charge is -2.26. The minimum atomic E-state index is -0.653. The zero-order valence-electron chi connectivity index (χ0n) is 16.3. The molecular formula is C19H31N5O4. The summed E-state index contributed by atoms with van der Waals surface area (Å²) in [5, 5.41) is 20.3. The molecule has 0 spiro atoms. The van der Waals surface area contributed by atoms with Gasteiger partial charge in [-0.3, -0.25) is 4.79 Å². The molecule has 9 heteroatoms. The normalized spacial score (nSPS) is 33.1. The smallest absolute Gasteiger partial charge is 0.222 e. The summed E-state index contributed by atoms with van der Waals surface area (Å²) < 4.78 is 13.9. The molecule has 4 heterocycles. The number of piperidine rings is 1. The molecular weight excluding hydrogens is 362 g/mol. The molecule has 1 aromatic rings. The second-order valence-corrected chi connectivity index (χ2v) is 8.03. The molecule has 156 valence electrons. The summed E-state index contributed by atoms with van der Waals surface area (Å²) in [6.45, 7) is 3.09. The van der Waals surface area contributed by atoms with Crippen molar-refractivity contribution in [1.29, 1.82) is 0 Å². The number of carbonyl (C=O) groups excluding carboxylic acids is 1. The summed E-state index contributed by atoms with van der Waals surface area (Å²) in [6, 6.07) is 0.480. The van der Waals surface area contributed by atoms with Gasteiger partial charge in [-0.05, 0) is 25.9 Å². The van der Waals surface area contributed by atoms with Crippen LogP contribution in [0.1, 0.15) is 31.5 Å². The van der Waals surface area contributed by atoms with Gasteiger partial charge in [-0.25, -0.2) is 4.98 Å². The van der Waals surface area contributed by atoms with Crippen molar-refractivity contribution in [2.45, 2.75) is 68.8 Å². The quantitative estimate of drug-likeness (QED) is 0.473. The molecule has 0 radical (unpaired) electrons. The molecule has 1 amide bonds. The zero-order chi connectivity index (χ0) is 19.5. The SMILES string of the molecule is Cn1ccnc1CNC(=O)C[C@@H]1C[C@H]2O[C@H](CNC3CCNCC3)[C@@H](O)[C@H]2O1. The van der Waals surface area contributed by atoms with E-state index in [-0.39, 0.29) is 36.7 Å². The van der Waals surface area contributed by atoms with Crippen LogP contribution in [-0.2, 0) is 27.9 Å². The van der Waals surface area contributed by atoms with Crippen molar-refractivity contribution in [3.63, 3.8) is 0 Å². The van der Waals surface area contributed by atoms with Crippen molar-refractivity contribution < 1.29 is 19.4 Å². The molecule has 3 saturated heterocycles. The number of fused-ring (bicyclic) bond motifs is 1. The minimum absolute atomic E-state index is 0.0772. The maximum atomic E-state index is 12.2. The summed E-state index contributed by atoms with van der Waals surface area (Å²) in [7, 11) is 1.89. The zero-order valence-corrected chi connectivity index (χ0v) is 16.3. The van der Waals surface area contributed by atoms with Gasteiger partial charge in [-0.2, -0.15) is 0 Å². The third kappa shape index (κ3) is 4.55. The highest BCUT2D eigenvalue weighted by atomic mass is 16.6. The number of nitrogens with one attached hydrogen (secondary N) is 3. The Morgan fingerprint density at radius 1 is 1.39 bits per heavy atom. The Morgan fingerprint density at radius 2 is 2.21 bits per heavy atom. The summed E-state index contributed by atoms with van der Waals surface area (Å²) in [5.74, 6) is 0.729. The predicted molar refractivity (Wildman–Crippen MR) is 102 cm³/mol. The lowest BCUT2D eigenvalue weighted by molar-refractivity contribution is -0.125. The van der Waals surface area contributed by atoms with Crippen LogP contribution in [0.2, 0.25) is 0 Å². The average Bonchev–Trinajstić information content (AvgIpc) is 3.36. The van der Waals surface area contributed by atoms with Gasteiger partial charge < -0.3 is 35.1 Å². The number of nitrogens with zero attached hydrogens (tertiary/aromatic N) is 2. The van der Waals surface area contributed by atoms with Gasteiger partial charge in [0, 0.05) is 38.4 Å². The van der Waals surface area contributed by atoms with Gasteiger partial charge in [0.2, 0.25) is 5.91 Å². The largest absolute Gasteiger partial charge is 0.388 e. The molecule has 1 aromatic heterocycles. The maximum Gasteiger partial charge on any atom is 0.222 e. The fourth-order valence-electron chi connectivity index (χ4n) is 4.34. The van der Waals surface area contributed by atoms with Crippen molar-refractivity contribution in [3.05, 3.63) is 18.2 Å². The van der Waals surface area contributed by atoms with Gasteiger partial charge in [0.1, 0.15) is 18.0 Å². The Labute approximate surface area is 165 Å². The summed E-state index contributed by atoms with van der Waals surface area (Å²) >= 11 is 0. The standard InChI is InChI=1S/C19H31N5O4/c1-24-7-6-21-16(24)11-23-17(25)9-13-8-14-19(27-13)18(26)15(28-14)10-22-12-2-4-20-5-3-12/h6-7,12-15,18-20,22,26H,2-5,8-11H2,1H3,(H,23,25)/t13-,14+,15+,18+,19-/m0/s1. The first-order valence-corrected chi connectivity index (χ1v) is 10.3. The van der Waals surface area contributed by atoms with Crippen LogP contribution in [0, 0.1) is 0 Å². The summed E-state index contributed by atoms with van der Waals surface area (Å²) in [5.41, 5.74) is 0. The fourth-order valence-corrected chi connectivity index (χ4v) is 4.34. The van der Waals surface area contributed by atoms with Gasteiger partial charge in [0.15, 0.2) is 0 Å². The van der Waals surface area contributed by atoms with Gasteiger partial charge >= 0.3 is 0 Å². The van der Waals surface area contributed by atoms with E-state index in [2.05, 4.69) is 20.9 Å². The third-order valence-corrected chi connectivity index (χ3v) is 6.00. The van der Waals surface area contributed by atoms with E-state index in [9.17, 15) is 9.90 Å². The van der Waals surface area contributed by atoms with E-state index >= 15 is 0 Å². The first-order chi connectivity index (χ1) is 13.6. The Kier molecular flexibility index (Phi) is 6.27. The summed E-state index contributed by atoms with van der Waals surface area (Å²) in [6.07, 6.45) is 5.06. The van der Waals surface area contributed by atoms with Crippen molar-refractivity contribution >= 4 is 5.91 Å². The van der Waals surface area contributed by atoms with Gasteiger partial charge in [-0.15, -0.1) is 0 Å². The van der Waals surface area contributed by atoms with Crippen LogP contribution >= 0.6 is 0 Å². The van der Waals surface area contributed by atoms with Crippen LogP contribution in [0.25, 0.3) is 0 Å². The molecule has 4 rings (SSSR count). The Morgan fingerprint density at radius 3 is 2.93 bits per heavy atom. The second-order valence-electron chi connectivity index (χ2n) is 8.03. The fraction of sp³-hybridized carbons (Fsp3) is 0.789. The number of carbonyl (C=O) groups is 1. The Balaban J connectivity index is 1.18. The van der Waals surface area contributed by atoms with Crippen molar-refractivity contribution in [2.24, 2.45) is 7.05 Å². The summed E-state index contributed by atoms with van der Waals surface area (Å²) in [4.78, 5) is 16.4. The average molecular weight is 393 g/mol. The number of hydrogen-bond donors (Lipinski definition) is 4. The van der Waals surface area contributed by atoms with E-state index in [1.807, 2.05) is 17.8 Å². The van der Waals surface area contributed by atoms with E-state index in [4.69, 9.17) is 9.47 Å². The lowest BCUT2D eigenvalue weighted by Crippen LogP contribution is -2.45. The van der Waals surface area contributed by atoms with Crippen LogP contribution in [0.3, 0.4) is 0 Å². The molecule has 3 aliphatic heterocycles. The van der Waals surface area contributed by atoms with Crippen LogP contribution in [0.4, 0.5) is 0 Å². The molecule has 0 saturated carbocycles. The maximum absolute atomic E-state index is 12.2. The highest BCUT2D eigenvalue weighted by Crippen LogP contribution is 2.35. The third-order valence-electron chi connectivity index (χ3n) is 6.00. The highest BCUT2D eigenvalue weighted by molar-refractivity contribution is 5.76. The number of imidazole rings is 1. The predicted octanol–water partition coefficient (Wildman–Crippen LogP) is -0.946. The molecule has 0 unspecified atom stereocenters. The molecule has 5 atom stereocenters. The van der Waals surface area contributed by atoms with Crippen LogP contribution in [0.5, 0.6) is 0 Å². The molecule has 3 aliphatic rings. The van der Waals surface area contributed by atoms with Gasteiger partial charge in [0.05, 0.1) is 31.3 Å². The number of hydrogen-bond acceptors (Lipinski definition) is 7. The Bertz CT molecular complexity index is 663. The van der Waals surface area contributed by atoms with Crippen molar-refractivity contribution in [3.8, 4) is 0 Å². The van der Waals surface area contributed by atoms with Crippen molar-refractivity contribution in [1.82, 2.24) is 25.5 Å². The number of aliphatic hydroxyl groups is 1.